The molecule has 0 aliphatic carbocycles. The van der Waals surface area contributed by atoms with Crippen LogP contribution in [0.2, 0.25) is 0 Å². The summed E-state index contributed by atoms with van der Waals surface area (Å²) in [5.74, 6) is 1.40. The van der Waals surface area contributed by atoms with E-state index in [0.717, 1.165) is 11.4 Å². The van der Waals surface area contributed by atoms with E-state index in [9.17, 15) is 0 Å². The van der Waals surface area contributed by atoms with E-state index < -0.39 is 0 Å². The van der Waals surface area contributed by atoms with Crippen molar-refractivity contribution in [1.82, 2.24) is 10.2 Å². The monoisotopic (exact) mass is 219 g/mol. The maximum atomic E-state index is 5.21. The summed E-state index contributed by atoms with van der Waals surface area (Å²) in [7, 11) is 3.22. The number of rotatable bonds is 4. The number of hydrogen-bond acceptors (Lipinski definition) is 4. The molecule has 2 aromatic rings. The Balaban J connectivity index is 2.22. The highest BCUT2D eigenvalue weighted by atomic mass is 16.5. The normalized spacial score (nSPS) is 9.88. The van der Waals surface area contributed by atoms with Gasteiger partial charge in [-0.15, -0.1) is 0 Å². The fourth-order valence-electron chi connectivity index (χ4n) is 1.40. The molecule has 0 spiro atoms. The number of benzene rings is 1. The average Bonchev–Trinajstić information content (AvgIpc) is 2.81. The van der Waals surface area contributed by atoms with Gasteiger partial charge in [-0.2, -0.15) is 5.10 Å². The molecule has 0 bridgehead atoms. The topological polar surface area (TPSA) is 59.2 Å². The van der Waals surface area contributed by atoms with Crippen LogP contribution in [0.5, 0.6) is 11.5 Å². The molecule has 1 heterocycles. The zero-order valence-electron chi connectivity index (χ0n) is 9.15. The summed E-state index contributed by atoms with van der Waals surface area (Å²) in [6.07, 6.45) is 3.48. The van der Waals surface area contributed by atoms with E-state index >= 15 is 0 Å². The number of methoxy groups -OCH3 is 2. The van der Waals surface area contributed by atoms with Crippen molar-refractivity contribution in [3.8, 4) is 11.5 Å². The van der Waals surface area contributed by atoms with E-state index in [-0.39, 0.29) is 0 Å². The van der Waals surface area contributed by atoms with Gasteiger partial charge in [0.15, 0.2) is 11.5 Å². The molecule has 0 aliphatic heterocycles. The highest BCUT2D eigenvalue weighted by Crippen LogP contribution is 2.30. The van der Waals surface area contributed by atoms with Crippen molar-refractivity contribution < 1.29 is 9.47 Å². The number of ether oxygens (including phenoxy) is 2. The summed E-state index contributed by atoms with van der Waals surface area (Å²) >= 11 is 0. The maximum Gasteiger partial charge on any atom is 0.162 e. The van der Waals surface area contributed by atoms with Crippen molar-refractivity contribution in [1.29, 1.82) is 0 Å². The molecule has 1 aromatic carbocycles. The van der Waals surface area contributed by atoms with E-state index in [1.165, 1.54) is 0 Å². The molecule has 2 N–H and O–H groups in total. The Morgan fingerprint density at radius 2 is 1.94 bits per heavy atom. The number of H-pyrrole nitrogens is 1. The number of anilines is 2. The highest BCUT2D eigenvalue weighted by molar-refractivity contribution is 5.62. The van der Waals surface area contributed by atoms with Gasteiger partial charge in [0.1, 0.15) is 0 Å². The number of hydrogen-bond donors (Lipinski definition) is 2. The van der Waals surface area contributed by atoms with Gasteiger partial charge in [-0.3, -0.25) is 5.10 Å². The number of aromatic amines is 1. The van der Waals surface area contributed by atoms with Crippen LogP contribution in [0, 0.1) is 0 Å². The molecule has 0 aliphatic rings. The van der Waals surface area contributed by atoms with Gasteiger partial charge in [-0.25, -0.2) is 0 Å². The predicted molar refractivity (Wildman–Crippen MR) is 61.4 cm³/mol. The second-order valence-corrected chi connectivity index (χ2v) is 3.18. The fraction of sp³-hybridized carbons (Fsp3) is 0.182. The predicted octanol–water partition coefficient (Wildman–Crippen LogP) is 2.17. The van der Waals surface area contributed by atoms with E-state index in [2.05, 4.69) is 15.5 Å². The first-order valence-corrected chi connectivity index (χ1v) is 4.81. The Hall–Kier alpha value is -2.17. The zero-order chi connectivity index (χ0) is 11.4. The van der Waals surface area contributed by atoms with Crippen LogP contribution in [0.25, 0.3) is 0 Å². The first-order valence-electron chi connectivity index (χ1n) is 4.81. The van der Waals surface area contributed by atoms with E-state index in [1.54, 1.807) is 26.6 Å². The SMILES string of the molecule is COc1ccc(Nc2cn[nH]c2)cc1OC. The van der Waals surface area contributed by atoms with Gasteiger partial charge in [0, 0.05) is 18.0 Å². The lowest BCUT2D eigenvalue weighted by atomic mass is 10.2. The van der Waals surface area contributed by atoms with Gasteiger partial charge >= 0.3 is 0 Å². The third kappa shape index (κ3) is 2.08. The minimum Gasteiger partial charge on any atom is -0.493 e. The molecule has 1 aromatic heterocycles. The standard InChI is InChI=1S/C11H13N3O2/c1-15-10-4-3-8(5-11(10)16-2)14-9-6-12-13-7-9/h3-7,14H,1-2H3,(H,12,13). The van der Waals surface area contributed by atoms with Crippen LogP contribution in [0.3, 0.4) is 0 Å². The molecule has 0 atom stereocenters. The van der Waals surface area contributed by atoms with Crippen molar-refractivity contribution in [3.63, 3.8) is 0 Å². The summed E-state index contributed by atoms with van der Waals surface area (Å²) in [4.78, 5) is 0. The van der Waals surface area contributed by atoms with Crippen LogP contribution >= 0.6 is 0 Å². The van der Waals surface area contributed by atoms with Gasteiger partial charge in [0.05, 0.1) is 26.1 Å². The molecule has 0 saturated heterocycles. The molecule has 0 saturated carbocycles. The molecule has 16 heavy (non-hydrogen) atoms. The Kier molecular flexibility index (Phi) is 2.95. The molecule has 0 fully saturated rings. The lowest BCUT2D eigenvalue weighted by molar-refractivity contribution is 0.355. The summed E-state index contributed by atoms with van der Waals surface area (Å²) < 4.78 is 10.4. The van der Waals surface area contributed by atoms with Crippen LogP contribution in [0.1, 0.15) is 0 Å². The molecule has 0 radical (unpaired) electrons. The summed E-state index contributed by atoms with van der Waals surface area (Å²) in [6, 6.07) is 5.63. The first kappa shape index (κ1) is 10.4. The molecule has 5 nitrogen and oxygen atoms in total. The maximum absolute atomic E-state index is 5.21. The molecule has 5 heteroatoms. The van der Waals surface area contributed by atoms with Crippen molar-refractivity contribution in [2.45, 2.75) is 0 Å². The Morgan fingerprint density at radius 1 is 1.12 bits per heavy atom. The first-order chi connectivity index (χ1) is 7.83. The van der Waals surface area contributed by atoms with Crippen LogP contribution < -0.4 is 14.8 Å². The third-order valence-electron chi connectivity index (χ3n) is 2.17. The van der Waals surface area contributed by atoms with E-state index in [0.29, 0.717) is 11.5 Å². The fourth-order valence-corrected chi connectivity index (χ4v) is 1.40. The lowest BCUT2D eigenvalue weighted by Crippen LogP contribution is -1.93. The molecule has 0 unspecified atom stereocenters. The van der Waals surface area contributed by atoms with Crippen molar-refractivity contribution in [2.24, 2.45) is 0 Å². The quantitative estimate of drug-likeness (QED) is 0.827. The third-order valence-corrected chi connectivity index (χ3v) is 2.17. The minimum atomic E-state index is 0.691. The largest absolute Gasteiger partial charge is 0.493 e. The minimum absolute atomic E-state index is 0.691. The van der Waals surface area contributed by atoms with Crippen LogP contribution in [-0.2, 0) is 0 Å². The van der Waals surface area contributed by atoms with Gasteiger partial charge in [-0.05, 0) is 12.1 Å². The van der Waals surface area contributed by atoms with Crippen LogP contribution in [0.4, 0.5) is 11.4 Å². The zero-order valence-corrected chi connectivity index (χ0v) is 9.15. The van der Waals surface area contributed by atoms with Crippen molar-refractivity contribution >= 4 is 11.4 Å². The Morgan fingerprint density at radius 3 is 2.56 bits per heavy atom. The van der Waals surface area contributed by atoms with E-state index in [4.69, 9.17) is 9.47 Å². The van der Waals surface area contributed by atoms with E-state index in [1.807, 2.05) is 18.2 Å². The number of nitrogens with zero attached hydrogens (tertiary/aromatic N) is 1. The highest BCUT2D eigenvalue weighted by Gasteiger charge is 2.04. The Labute approximate surface area is 93.4 Å². The number of nitrogens with one attached hydrogen (secondary N) is 2. The van der Waals surface area contributed by atoms with Crippen LogP contribution in [-0.4, -0.2) is 24.4 Å². The molecule has 2 rings (SSSR count). The van der Waals surface area contributed by atoms with Gasteiger partial charge < -0.3 is 14.8 Å². The van der Waals surface area contributed by atoms with Gasteiger partial charge in [-0.1, -0.05) is 0 Å². The average molecular weight is 219 g/mol. The summed E-state index contributed by atoms with van der Waals surface area (Å²) in [6.45, 7) is 0. The lowest BCUT2D eigenvalue weighted by Gasteiger charge is -2.10. The van der Waals surface area contributed by atoms with Crippen LogP contribution in [0.15, 0.2) is 30.6 Å². The molecule has 0 amide bonds. The summed E-state index contributed by atoms with van der Waals surface area (Å²) in [5, 5.41) is 9.76. The second-order valence-electron chi connectivity index (χ2n) is 3.18. The second kappa shape index (κ2) is 4.57. The van der Waals surface area contributed by atoms with Gasteiger partial charge in [0.25, 0.3) is 0 Å². The van der Waals surface area contributed by atoms with Gasteiger partial charge in [0.2, 0.25) is 0 Å². The smallest absolute Gasteiger partial charge is 0.162 e. The molecular formula is C11H13N3O2. The number of aromatic nitrogens is 2. The molecule has 84 valence electrons. The van der Waals surface area contributed by atoms with Crippen molar-refractivity contribution in [3.05, 3.63) is 30.6 Å². The van der Waals surface area contributed by atoms with Crippen molar-refractivity contribution in [2.75, 3.05) is 19.5 Å². The molecular weight excluding hydrogens is 206 g/mol. The Bertz CT molecular complexity index is 454. The summed E-state index contributed by atoms with van der Waals surface area (Å²) in [5.41, 5.74) is 1.81.